The monoisotopic (exact) mass is 210 g/mol. The summed E-state index contributed by atoms with van der Waals surface area (Å²) >= 11 is 0. The van der Waals surface area contributed by atoms with E-state index in [1.54, 1.807) is 31.4 Å². The van der Waals surface area contributed by atoms with E-state index in [0.717, 1.165) is 0 Å². The Morgan fingerprint density at radius 3 is 2.93 bits per heavy atom. The van der Waals surface area contributed by atoms with Crippen LogP contribution in [0.1, 0.15) is 10.4 Å². The molecule has 0 spiro atoms. The number of anilines is 1. The third kappa shape index (κ3) is 3.97. The van der Waals surface area contributed by atoms with Crippen LogP contribution in [0, 0.1) is 0 Å². The number of hydrogen-bond donors (Lipinski definition) is 2. The van der Waals surface area contributed by atoms with Crippen LogP contribution in [0.4, 0.5) is 5.69 Å². The molecule has 0 fully saturated rings. The van der Waals surface area contributed by atoms with E-state index in [1.165, 1.54) is 0 Å². The Bertz CT molecular complexity index is 328. The molecule has 5 heteroatoms. The average Bonchev–Trinajstić information content (AvgIpc) is 2.24. The Kier molecular flexibility index (Phi) is 4.59. The van der Waals surface area contributed by atoms with Gasteiger partial charge in [-0.3, -0.25) is 9.63 Å². The van der Waals surface area contributed by atoms with E-state index in [4.69, 9.17) is 15.3 Å². The first-order valence-electron chi connectivity index (χ1n) is 4.50. The Morgan fingerprint density at radius 2 is 2.27 bits per heavy atom. The molecule has 15 heavy (non-hydrogen) atoms. The van der Waals surface area contributed by atoms with Crippen molar-refractivity contribution in [3.63, 3.8) is 0 Å². The highest BCUT2D eigenvalue weighted by molar-refractivity contribution is 5.94. The standard InChI is InChI=1S/C10H14N2O3/c1-14-5-6-15-12-10(13)8-3-2-4-9(11)7-8/h2-4,7H,5-6,11H2,1H3,(H,12,13). The van der Waals surface area contributed by atoms with Crippen molar-refractivity contribution >= 4 is 11.6 Å². The maximum absolute atomic E-state index is 11.4. The minimum atomic E-state index is -0.321. The van der Waals surface area contributed by atoms with Gasteiger partial charge in [-0.2, -0.15) is 0 Å². The molecule has 0 saturated heterocycles. The molecule has 1 rings (SSSR count). The lowest BCUT2D eigenvalue weighted by atomic mass is 10.2. The zero-order valence-corrected chi connectivity index (χ0v) is 8.53. The number of methoxy groups -OCH3 is 1. The number of benzene rings is 1. The maximum atomic E-state index is 11.4. The molecule has 82 valence electrons. The summed E-state index contributed by atoms with van der Waals surface area (Å²) in [5.74, 6) is -0.321. The molecule has 0 aromatic heterocycles. The highest BCUT2D eigenvalue weighted by Gasteiger charge is 2.04. The molecule has 3 N–H and O–H groups in total. The predicted molar refractivity (Wildman–Crippen MR) is 56.1 cm³/mol. The SMILES string of the molecule is COCCONC(=O)c1cccc(N)c1. The van der Waals surface area contributed by atoms with Gasteiger partial charge in [-0.25, -0.2) is 5.48 Å². The van der Waals surface area contributed by atoms with Crippen molar-refractivity contribution in [1.29, 1.82) is 0 Å². The largest absolute Gasteiger partial charge is 0.399 e. The molecule has 0 aliphatic rings. The zero-order valence-electron chi connectivity index (χ0n) is 8.53. The molecule has 5 nitrogen and oxygen atoms in total. The number of carbonyl (C=O) groups is 1. The van der Waals surface area contributed by atoms with Crippen LogP contribution in [-0.2, 0) is 9.57 Å². The first kappa shape index (κ1) is 11.5. The molecule has 0 heterocycles. The molecular weight excluding hydrogens is 196 g/mol. The van der Waals surface area contributed by atoms with Crippen molar-refractivity contribution in [1.82, 2.24) is 5.48 Å². The summed E-state index contributed by atoms with van der Waals surface area (Å²) in [6.45, 7) is 0.738. The normalized spacial score (nSPS) is 9.93. The minimum Gasteiger partial charge on any atom is -0.399 e. The van der Waals surface area contributed by atoms with Gasteiger partial charge in [0.05, 0.1) is 13.2 Å². The number of carbonyl (C=O) groups excluding carboxylic acids is 1. The van der Waals surface area contributed by atoms with Crippen LogP contribution in [0.2, 0.25) is 0 Å². The van der Waals surface area contributed by atoms with Crippen LogP contribution in [0.15, 0.2) is 24.3 Å². The van der Waals surface area contributed by atoms with Gasteiger partial charge in [0.2, 0.25) is 0 Å². The Hall–Kier alpha value is -1.59. The van der Waals surface area contributed by atoms with Crippen LogP contribution in [0.3, 0.4) is 0 Å². The fraction of sp³-hybridized carbons (Fsp3) is 0.300. The fourth-order valence-electron chi connectivity index (χ4n) is 0.980. The Labute approximate surface area is 88.1 Å². The number of hydroxylamine groups is 1. The fourth-order valence-corrected chi connectivity index (χ4v) is 0.980. The predicted octanol–water partition coefficient (Wildman–Crippen LogP) is 0.577. The van der Waals surface area contributed by atoms with Gasteiger partial charge in [0.25, 0.3) is 5.91 Å². The average molecular weight is 210 g/mol. The van der Waals surface area contributed by atoms with E-state index in [1.807, 2.05) is 0 Å². The van der Waals surface area contributed by atoms with Gasteiger partial charge in [-0.15, -0.1) is 0 Å². The molecule has 1 amide bonds. The zero-order chi connectivity index (χ0) is 11.1. The number of hydrogen-bond acceptors (Lipinski definition) is 4. The van der Waals surface area contributed by atoms with Crippen LogP contribution < -0.4 is 11.2 Å². The summed E-state index contributed by atoms with van der Waals surface area (Å²) in [7, 11) is 1.56. The van der Waals surface area contributed by atoms with Crippen LogP contribution >= 0.6 is 0 Å². The lowest BCUT2D eigenvalue weighted by molar-refractivity contribution is 0.00889. The van der Waals surface area contributed by atoms with E-state index >= 15 is 0 Å². The first-order valence-corrected chi connectivity index (χ1v) is 4.50. The Balaban J connectivity index is 2.40. The molecule has 0 unspecified atom stereocenters. The molecule has 1 aromatic rings. The van der Waals surface area contributed by atoms with Gasteiger partial charge < -0.3 is 10.5 Å². The van der Waals surface area contributed by atoms with Crippen molar-refractivity contribution in [3.8, 4) is 0 Å². The number of rotatable bonds is 5. The molecule has 0 atom stereocenters. The highest BCUT2D eigenvalue weighted by atomic mass is 16.7. The van der Waals surface area contributed by atoms with Crippen molar-refractivity contribution in [2.75, 3.05) is 26.1 Å². The molecule has 0 aliphatic carbocycles. The molecule has 0 radical (unpaired) electrons. The second-order valence-corrected chi connectivity index (χ2v) is 2.90. The summed E-state index contributed by atoms with van der Waals surface area (Å²) in [6, 6.07) is 6.66. The Morgan fingerprint density at radius 1 is 1.47 bits per heavy atom. The number of amides is 1. The molecule has 1 aromatic carbocycles. The van der Waals surface area contributed by atoms with Crippen molar-refractivity contribution < 1.29 is 14.4 Å². The molecule has 0 saturated carbocycles. The lowest BCUT2D eigenvalue weighted by Gasteiger charge is -2.05. The van der Waals surface area contributed by atoms with Gasteiger partial charge >= 0.3 is 0 Å². The number of nitrogens with two attached hydrogens (primary N) is 1. The van der Waals surface area contributed by atoms with Gasteiger partial charge in [0.1, 0.15) is 0 Å². The van der Waals surface area contributed by atoms with Crippen LogP contribution in [0.25, 0.3) is 0 Å². The molecule has 0 aliphatic heterocycles. The van der Waals surface area contributed by atoms with Crippen molar-refractivity contribution in [2.24, 2.45) is 0 Å². The summed E-state index contributed by atoms with van der Waals surface area (Å²) in [5.41, 5.74) is 8.82. The minimum absolute atomic E-state index is 0.310. The maximum Gasteiger partial charge on any atom is 0.274 e. The van der Waals surface area contributed by atoms with Crippen LogP contribution in [0.5, 0.6) is 0 Å². The van der Waals surface area contributed by atoms with Gasteiger partial charge in [-0.05, 0) is 18.2 Å². The second-order valence-electron chi connectivity index (χ2n) is 2.90. The third-order valence-electron chi connectivity index (χ3n) is 1.70. The van der Waals surface area contributed by atoms with Crippen molar-refractivity contribution in [3.05, 3.63) is 29.8 Å². The van der Waals surface area contributed by atoms with E-state index in [2.05, 4.69) is 5.48 Å². The quantitative estimate of drug-likeness (QED) is 0.423. The summed E-state index contributed by atoms with van der Waals surface area (Å²) in [5, 5.41) is 0. The lowest BCUT2D eigenvalue weighted by Crippen LogP contribution is -2.25. The smallest absolute Gasteiger partial charge is 0.274 e. The molecule has 0 bridgehead atoms. The van der Waals surface area contributed by atoms with Gasteiger partial charge in [0.15, 0.2) is 0 Å². The number of nitrogen functional groups attached to an aromatic ring is 1. The summed E-state index contributed by atoms with van der Waals surface area (Å²) in [4.78, 5) is 16.3. The summed E-state index contributed by atoms with van der Waals surface area (Å²) in [6.07, 6.45) is 0. The van der Waals surface area contributed by atoms with E-state index in [9.17, 15) is 4.79 Å². The van der Waals surface area contributed by atoms with Gasteiger partial charge in [0, 0.05) is 18.4 Å². The highest BCUT2D eigenvalue weighted by Crippen LogP contribution is 2.05. The first-order chi connectivity index (χ1) is 7.24. The van der Waals surface area contributed by atoms with E-state index in [0.29, 0.717) is 24.5 Å². The topological polar surface area (TPSA) is 73.6 Å². The number of nitrogens with one attached hydrogen (secondary N) is 1. The van der Waals surface area contributed by atoms with E-state index < -0.39 is 0 Å². The third-order valence-corrected chi connectivity index (χ3v) is 1.70. The molecular formula is C10H14N2O3. The second kappa shape index (κ2) is 6.00. The van der Waals surface area contributed by atoms with E-state index in [-0.39, 0.29) is 5.91 Å². The van der Waals surface area contributed by atoms with Crippen molar-refractivity contribution in [2.45, 2.75) is 0 Å². The summed E-state index contributed by atoms with van der Waals surface area (Å²) < 4.78 is 4.75. The van der Waals surface area contributed by atoms with Gasteiger partial charge in [-0.1, -0.05) is 6.07 Å². The number of ether oxygens (including phenoxy) is 1. The van der Waals surface area contributed by atoms with Crippen LogP contribution in [-0.4, -0.2) is 26.2 Å².